The van der Waals surface area contributed by atoms with E-state index in [-0.39, 0.29) is 16.5 Å². The molecule has 60 heavy (non-hydrogen) atoms. The van der Waals surface area contributed by atoms with Crippen molar-refractivity contribution in [1.29, 1.82) is 0 Å². The van der Waals surface area contributed by atoms with Gasteiger partial charge in [0.05, 0.1) is 16.5 Å². The van der Waals surface area contributed by atoms with Crippen LogP contribution in [0.15, 0.2) is 114 Å². The zero-order chi connectivity index (χ0) is 42.5. The molecule has 0 fully saturated rings. The molecule has 0 spiro atoms. The molecular formula is C52H53NO7. The molecule has 0 atom stereocenters. The van der Waals surface area contributed by atoms with Crippen LogP contribution in [0.5, 0.6) is 11.5 Å². The second-order valence-electron chi connectivity index (χ2n) is 19.8. The lowest BCUT2D eigenvalue weighted by atomic mass is 9.69. The number of ether oxygens (including phenoxy) is 2. The minimum absolute atomic E-state index is 0.0206. The van der Waals surface area contributed by atoms with Gasteiger partial charge in [-0.15, -0.1) is 0 Å². The normalized spacial score (nSPS) is 15.9. The van der Waals surface area contributed by atoms with E-state index in [4.69, 9.17) is 22.7 Å². The highest BCUT2D eigenvalue weighted by Crippen LogP contribution is 2.52. The van der Waals surface area contributed by atoms with Crippen molar-refractivity contribution >= 4 is 27.6 Å². The monoisotopic (exact) mass is 803 g/mol. The van der Waals surface area contributed by atoms with Crippen molar-refractivity contribution in [3.8, 4) is 56.4 Å². The molecule has 0 saturated heterocycles. The second-order valence-corrected chi connectivity index (χ2v) is 19.8. The van der Waals surface area contributed by atoms with Gasteiger partial charge >= 0.3 is 11.3 Å². The first kappa shape index (κ1) is 39.4. The summed E-state index contributed by atoms with van der Waals surface area (Å²) < 4.78 is 31.1. The van der Waals surface area contributed by atoms with Gasteiger partial charge in [-0.25, -0.2) is 9.59 Å². The van der Waals surface area contributed by atoms with Crippen molar-refractivity contribution in [3.63, 3.8) is 0 Å². The molecule has 0 saturated carbocycles. The number of benzene rings is 4. The molecule has 0 N–H and O–H groups in total. The summed E-state index contributed by atoms with van der Waals surface area (Å²) in [5, 5.41) is 1.63. The van der Waals surface area contributed by atoms with Crippen molar-refractivity contribution < 1.29 is 22.7 Å². The summed E-state index contributed by atoms with van der Waals surface area (Å²) in [6.07, 6.45) is 2.10. The maximum Gasteiger partial charge on any atom is 0.344 e. The minimum Gasteiger partial charge on any atom is -0.488 e. The standard InChI is InChI=1S/C52H53NO7/c1-49(2,3)59-35-27-42-38(43(28-35)60-50(4,5)6)29-37(47(54)57-42)32-12-11-13-33(24-32)41-19-18-40(56-41)31-16-14-30(15-17-31)36-25-34-26-39-45-44(46(34)58-48(36)55)52(9,10)21-23-53(45)22-20-51(39,7)8/h11-19,24-29H,20-23H2,1-10H3. The molecule has 4 aromatic carbocycles. The molecule has 7 aromatic rings. The summed E-state index contributed by atoms with van der Waals surface area (Å²) in [6, 6.07) is 29.0. The molecule has 3 aromatic heterocycles. The third-order valence-corrected chi connectivity index (χ3v) is 11.9. The van der Waals surface area contributed by atoms with E-state index < -0.39 is 16.8 Å². The lowest BCUT2D eigenvalue weighted by molar-refractivity contribution is 0.122. The Labute approximate surface area is 350 Å². The quantitative estimate of drug-likeness (QED) is 0.153. The maximum absolute atomic E-state index is 13.7. The molecule has 2 aliphatic rings. The third-order valence-electron chi connectivity index (χ3n) is 11.9. The molecular weight excluding hydrogens is 751 g/mol. The van der Waals surface area contributed by atoms with E-state index in [0.717, 1.165) is 53.6 Å². The van der Waals surface area contributed by atoms with E-state index in [1.807, 2.05) is 120 Å². The Hall–Kier alpha value is -6.02. The van der Waals surface area contributed by atoms with Gasteiger partial charge in [0.25, 0.3) is 0 Å². The minimum atomic E-state index is -0.501. The predicted molar refractivity (Wildman–Crippen MR) is 241 cm³/mol. The topological polar surface area (TPSA) is 95.3 Å². The number of anilines is 1. The van der Waals surface area contributed by atoms with E-state index in [9.17, 15) is 9.59 Å². The second kappa shape index (κ2) is 13.8. The number of furan rings is 1. The van der Waals surface area contributed by atoms with Gasteiger partial charge in [0.15, 0.2) is 0 Å². The molecule has 0 bridgehead atoms. The Morgan fingerprint density at radius 1 is 0.600 bits per heavy atom. The van der Waals surface area contributed by atoms with E-state index in [0.29, 0.717) is 56.3 Å². The lowest BCUT2D eigenvalue weighted by Gasteiger charge is -2.48. The Bertz CT molecular complexity index is 2940. The number of hydrogen-bond donors (Lipinski definition) is 0. The van der Waals surface area contributed by atoms with Crippen LogP contribution in [0.4, 0.5) is 5.69 Å². The first-order valence-corrected chi connectivity index (χ1v) is 21.0. The largest absolute Gasteiger partial charge is 0.488 e. The van der Waals surface area contributed by atoms with Crippen LogP contribution in [0.25, 0.3) is 66.8 Å². The molecule has 0 radical (unpaired) electrons. The summed E-state index contributed by atoms with van der Waals surface area (Å²) in [5.41, 5.74) is 7.07. The highest BCUT2D eigenvalue weighted by molar-refractivity contribution is 5.93. The summed E-state index contributed by atoms with van der Waals surface area (Å²) in [4.78, 5) is 29.8. The predicted octanol–water partition coefficient (Wildman–Crippen LogP) is 12.7. The molecule has 8 nitrogen and oxygen atoms in total. The van der Waals surface area contributed by atoms with Crippen LogP contribution >= 0.6 is 0 Å². The van der Waals surface area contributed by atoms with Crippen molar-refractivity contribution in [2.45, 2.75) is 104 Å². The molecule has 2 aliphatic heterocycles. The van der Waals surface area contributed by atoms with Gasteiger partial charge in [-0.2, -0.15) is 0 Å². The number of nitrogens with zero attached hydrogens (tertiary/aromatic N) is 1. The SMILES string of the molecule is CC(C)(C)Oc1cc(OC(C)(C)C)c2cc(-c3cccc(-c4ccc(-c5ccc(-c6cc7cc8c9c(c7oc6=O)C(C)(C)CCN9CCC8(C)C)cc5)o4)c3)c(=O)oc2c1. The van der Waals surface area contributed by atoms with Crippen molar-refractivity contribution in [2.24, 2.45) is 0 Å². The van der Waals surface area contributed by atoms with Gasteiger partial charge in [-0.3, -0.25) is 0 Å². The highest BCUT2D eigenvalue weighted by atomic mass is 16.5. The number of fused-ring (bicyclic) bond motifs is 3. The van der Waals surface area contributed by atoms with Crippen LogP contribution in [0.3, 0.4) is 0 Å². The van der Waals surface area contributed by atoms with E-state index in [1.165, 1.54) is 11.3 Å². The Kier molecular flexibility index (Phi) is 9.05. The molecule has 308 valence electrons. The van der Waals surface area contributed by atoms with Crippen molar-refractivity contribution in [2.75, 3.05) is 18.0 Å². The average Bonchev–Trinajstić information content (AvgIpc) is 3.66. The van der Waals surface area contributed by atoms with Gasteiger partial charge in [0.2, 0.25) is 0 Å². The van der Waals surface area contributed by atoms with Crippen LogP contribution in [0, 0.1) is 0 Å². The summed E-state index contributed by atoms with van der Waals surface area (Å²) >= 11 is 0. The molecule has 5 heterocycles. The molecule has 0 aliphatic carbocycles. The zero-order valence-corrected chi connectivity index (χ0v) is 36.3. The van der Waals surface area contributed by atoms with Crippen LogP contribution in [0.1, 0.15) is 93.2 Å². The van der Waals surface area contributed by atoms with E-state index in [1.54, 1.807) is 6.07 Å². The first-order valence-electron chi connectivity index (χ1n) is 21.0. The van der Waals surface area contributed by atoms with Crippen LogP contribution in [-0.2, 0) is 10.8 Å². The summed E-state index contributed by atoms with van der Waals surface area (Å²) in [7, 11) is 0. The van der Waals surface area contributed by atoms with Gasteiger partial charge in [-0.1, -0.05) is 70.2 Å². The van der Waals surface area contributed by atoms with Crippen molar-refractivity contribution in [1.82, 2.24) is 0 Å². The molecule has 0 amide bonds. The lowest BCUT2D eigenvalue weighted by Crippen LogP contribution is -2.44. The van der Waals surface area contributed by atoms with Crippen LogP contribution < -0.4 is 25.6 Å². The fourth-order valence-electron chi connectivity index (χ4n) is 8.84. The molecule has 8 heteroatoms. The maximum atomic E-state index is 13.7. The van der Waals surface area contributed by atoms with Gasteiger partial charge in [-0.05, 0) is 118 Å². The Balaban J connectivity index is 1.02. The third kappa shape index (κ3) is 7.20. The fraction of sp³-hybridized carbons (Fsp3) is 0.346. The number of rotatable bonds is 6. The number of hydrogen-bond acceptors (Lipinski definition) is 8. The van der Waals surface area contributed by atoms with Gasteiger partial charge in [0.1, 0.15) is 45.4 Å². The van der Waals surface area contributed by atoms with Crippen molar-refractivity contribution in [3.05, 3.63) is 123 Å². The van der Waals surface area contributed by atoms with E-state index in [2.05, 4.69) is 38.7 Å². The van der Waals surface area contributed by atoms with E-state index >= 15 is 0 Å². The molecule has 0 unspecified atom stereocenters. The Morgan fingerprint density at radius 2 is 1.22 bits per heavy atom. The molecule has 9 rings (SSSR count). The van der Waals surface area contributed by atoms with Gasteiger partial charge in [0, 0.05) is 53.0 Å². The van der Waals surface area contributed by atoms with Gasteiger partial charge < -0.3 is 27.6 Å². The average molecular weight is 804 g/mol. The van der Waals surface area contributed by atoms with Crippen LogP contribution in [0.2, 0.25) is 0 Å². The fourth-order valence-corrected chi connectivity index (χ4v) is 8.84. The zero-order valence-electron chi connectivity index (χ0n) is 36.3. The van der Waals surface area contributed by atoms with Crippen LogP contribution in [-0.4, -0.2) is 24.3 Å². The summed E-state index contributed by atoms with van der Waals surface area (Å²) in [6.45, 7) is 23.0. The summed E-state index contributed by atoms with van der Waals surface area (Å²) in [5.74, 6) is 2.45. The smallest absolute Gasteiger partial charge is 0.344 e. The Morgan fingerprint density at radius 3 is 1.92 bits per heavy atom. The first-order chi connectivity index (χ1) is 28.2. The highest BCUT2D eigenvalue weighted by Gasteiger charge is 2.42.